The van der Waals surface area contributed by atoms with Crippen molar-refractivity contribution in [2.45, 2.75) is 0 Å². The van der Waals surface area contributed by atoms with Gasteiger partial charge in [0.25, 0.3) is 0 Å². The van der Waals surface area contributed by atoms with Crippen molar-refractivity contribution in [1.29, 1.82) is 0 Å². The second-order valence-corrected chi connectivity index (χ2v) is 4.62. The standard InChI is InChI=1S/C14H16N2O4/c17-14(19-8-5-16-3-6-18-7-4-16)11-1-2-12-13(9-11)20-10-15-12/h1-2,9-10H,3-8H2. The summed E-state index contributed by atoms with van der Waals surface area (Å²) in [5.74, 6) is -0.337. The monoisotopic (exact) mass is 276 g/mol. The Hall–Kier alpha value is -1.92. The Balaban J connectivity index is 1.53. The van der Waals surface area contributed by atoms with Crippen LogP contribution < -0.4 is 0 Å². The van der Waals surface area contributed by atoms with Gasteiger partial charge in [-0.15, -0.1) is 0 Å². The number of oxazole rings is 1. The number of nitrogens with zero attached hydrogens (tertiary/aromatic N) is 2. The molecular formula is C14H16N2O4. The molecule has 0 amide bonds. The zero-order valence-electron chi connectivity index (χ0n) is 11.1. The number of benzene rings is 1. The minimum Gasteiger partial charge on any atom is -0.461 e. The van der Waals surface area contributed by atoms with Crippen LogP contribution in [0, 0.1) is 0 Å². The first kappa shape index (κ1) is 13.1. The van der Waals surface area contributed by atoms with Crippen LogP contribution in [0.5, 0.6) is 0 Å². The zero-order valence-corrected chi connectivity index (χ0v) is 11.1. The Morgan fingerprint density at radius 2 is 2.20 bits per heavy atom. The molecule has 20 heavy (non-hydrogen) atoms. The highest BCUT2D eigenvalue weighted by Crippen LogP contribution is 2.14. The Labute approximate surface area is 116 Å². The summed E-state index contributed by atoms with van der Waals surface area (Å²) in [7, 11) is 0. The largest absolute Gasteiger partial charge is 0.461 e. The molecule has 0 unspecified atom stereocenters. The molecule has 1 aromatic heterocycles. The number of hydrogen-bond acceptors (Lipinski definition) is 6. The van der Waals surface area contributed by atoms with E-state index in [2.05, 4.69) is 9.88 Å². The molecule has 2 heterocycles. The van der Waals surface area contributed by atoms with E-state index in [0.717, 1.165) is 38.4 Å². The van der Waals surface area contributed by atoms with Crippen LogP contribution in [0.1, 0.15) is 10.4 Å². The predicted octanol–water partition coefficient (Wildman–Crippen LogP) is 1.32. The predicted molar refractivity (Wildman–Crippen MR) is 71.6 cm³/mol. The van der Waals surface area contributed by atoms with Crippen LogP contribution in [0.3, 0.4) is 0 Å². The highest BCUT2D eigenvalue weighted by molar-refractivity contribution is 5.93. The van der Waals surface area contributed by atoms with Crippen molar-refractivity contribution in [3.8, 4) is 0 Å². The molecule has 106 valence electrons. The van der Waals surface area contributed by atoms with Gasteiger partial charge < -0.3 is 13.9 Å². The average molecular weight is 276 g/mol. The minimum atomic E-state index is -0.337. The summed E-state index contributed by atoms with van der Waals surface area (Å²) in [6, 6.07) is 5.10. The quantitative estimate of drug-likeness (QED) is 0.785. The smallest absolute Gasteiger partial charge is 0.338 e. The first-order chi connectivity index (χ1) is 9.83. The molecule has 3 rings (SSSR count). The Morgan fingerprint density at radius 3 is 3.05 bits per heavy atom. The number of fused-ring (bicyclic) bond motifs is 1. The molecule has 1 aliphatic rings. The van der Waals surface area contributed by atoms with Gasteiger partial charge in [0.1, 0.15) is 12.1 Å². The molecule has 0 radical (unpaired) electrons. The minimum absolute atomic E-state index is 0.337. The van der Waals surface area contributed by atoms with Crippen molar-refractivity contribution in [3.63, 3.8) is 0 Å². The second kappa shape index (κ2) is 6.02. The Kier molecular flexibility index (Phi) is 3.94. The topological polar surface area (TPSA) is 64.8 Å². The summed E-state index contributed by atoms with van der Waals surface area (Å²) in [4.78, 5) is 18.1. The van der Waals surface area contributed by atoms with Gasteiger partial charge in [-0.2, -0.15) is 0 Å². The van der Waals surface area contributed by atoms with Crippen LogP contribution in [-0.4, -0.2) is 55.3 Å². The van der Waals surface area contributed by atoms with E-state index in [4.69, 9.17) is 13.9 Å². The summed E-state index contributed by atoms with van der Waals surface area (Å²) in [6.45, 7) is 4.39. The number of morpholine rings is 1. The third kappa shape index (κ3) is 2.97. The summed E-state index contributed by atoms with van der Waals surface area (Å²) >= 11 is 0. The molecule has 0 spiro atoms. The molecule has 2 aromatic rings. The molecule has 6 heteroatoms. The highest BCUT2D eigenvalue weighted by atomic mass is 16.5. The van der Waals surface area contributed by atoms with E-state index in [-0.39, 0.29) is 5.97 Å². The van der Waals surface area contributed by atoms with Crippen molar-refractivity contribution < 1.29 is 18.7 Å². The lowest BCUT2D eigenvalue weighted by atomic mass is 10.2. The van der Waals surface area contributed by atoms with Crippen molar-refractivity contribution in [3.05, 3.63) is 30.2 Å². The van der Waals surface area contributed by atoms with E-state index in [0.29, 0.717) is 17.8 Å². The van der Waals surface area contributed by atoms with E-state index in [9.17, 15) is 4.79 Å². The number of hydrogen-bond donors (Lipinski definition) is 0. The van der Waals surface area contributed by atoms with Gasteiger partial charge in [0.05, 0.1) is 18.8 Å². The van der Waals surface area contributed by atoms with Crippen LogP contribution in [0.25, 0.3) is 11.1 Å². The van der Waals surface area contributed by atoms with Gasteiger partial charge in [0.15, 0.2) is 12.0 Å². The van der Waals surface area contributed by atoms with Gasteiger partial charge >= 0.3 is 5.97 Å². The average Bonchev–Trinajstić information content (AvgIpc) is 2.95. The van der Waals surface area contributed by atoms with Crippen LogP contribution in [0.2, 0.25) is 0 Å². The van der Waals surface area contributed by atoms with Crippen LogP contribution in [0.4, 0.5) is 0 Å². The normalized spacial score (nSPS) is 16.4. The first-order valence-electron chi connectivity index (χ1n) is 6.63. The zero-order chi connectivity index (χ0) is 13.8. The first-order valence-corrected chi connectivity index (χ1v) is 6.63. The van der Waals surface area contributed by atoms with E-state index < -0.39 is 0 Å². The molecule has 0 bridgehead atoms. The van der Waals surface area contributed by atoms with E-state index in [1.165, 1.54) is 6.39 Å². The highest BCUT2D eigenvalue weighted by Gasteiger charge is 2.13. The van der Waals surface area contributed by atoms with Crippen molar-refractivity contribution >= 4 is 17.1 Å². The van der Waals surface area contributed by atoms with Gasteiger partial charge in [-0.25, -0.2) is 9.78 Å². The number of carbonyl (C=O) groups is 1. The molecule has 0 saturated carbocycles. The maximum Gasteiger partial charge on any atom is 0.338 e. The van der Waals surface area contributed by atoms with E-state index >= 15 is 0 Å². The van der Waals surface area contributed by atoms with Crippen molar-refractivity contribution in [2.75, 3.05) is 39.5 Å². The number of carbonyl (C=O) groups excluding carboxylic acids is 1. The second-order valence-electron chi connectivity index (χ2n) is 4.62. The maximum absolute atomic E-state index is 11.9. The molecule has 1 aromatic carbocycles. The summed E-state index contributed by atoms with van der Waals surface area (Å²) in [5.41, 5.74) is 1.80. The Morgan fingerprint density at radius 1 is 1.35 bits per heavy atom. The van der Waals surface area contributed by atoms with Crippen LogP contribution >= 0.6 is 0 Å². The molecule has 1 fully saturated rings. The van der Waals surface area contributed by atoms with Gasteiger partial charge in [-0.05, 0) is 18.2 Å². The van der Waals surface area contributed by atoms with Crippen LogP contribution in [0.15, 0.2) is 29.0 Å². The summed E-state index contributed by atoms with van der Waals surface area (Å²) in [6.07, 6.45) is 1.36. The fourth-order valence-electron chi connectivity index (χ4n) is 2.16. The van der Waals surface area contributed by atoms with E-state index in [1.54, 1.807) is 18.2 Å². The lowest BCUT2D eigenvalue weighted by Gasteiger charge is -2.26. The van der Waals surface area contributed by atoms with Gasteiger partial charge in [-0.3, -0.25) is 4.90 Å². The molecule has 0 aliphatic carbocycles. The number of esters is 1. The fourth-order valence-corrected chi connectivity index (χ4v) is 2.16. The number of aromatic nitrogens is 1. The Bertz CT molecular complexity index is 590. The molecule has 6 nitrogen and oxygen atoms in total. The lowest BCUT2D eigenvalue weighted by Crippen LogP contribution is -2.38. The van der Waals surface area contributed by atoms with Gasteiger partial charge in [0.2, 0.25) is 0 Å². The fraction of sp³-hybridized carbons (Fsp3) is 0.429. The van der Waals surface area contributed by atoms with Crippen molar-refractivity contribution in [1.82, 2.24) is 9.88 Å². The lowest BCUT2D eigenvalue weighted by molar-refractivity contribution is 0.0195. The van der Waals surface area contributed by atoms with Gasteiger partial charge in [-0.1, -0.05) is 0 Å². The summed E-state index contributed by atoms with van der Waals surface area (Å²) in [5, 5.41) is 0. The molecule has 1 aliphatic heterocycles. The third-order valence-electron chi connectivity index (χ3n) is 3.31. The maximum atomic E-state index is 11.9. The molecule has 0 atom stereocenters. The van der Waals surface area contributed by atoms with Crippen LogP contribution in [-0.2, 0) is 9.47 Å². The number of rotatable bonds is 4. The molecular weight excluding hydrogens is 260 g/mol. The molecule has 0 N–H and O–H groups in total. The summed E-state index contributed by atoms with van der Waals surface area (Å²) < 4.78 is 15.7. The molecule has 1 saturated heterocycles. The van der Waals surface area contributed by atoms with E-state index in [1.807, 2.05) is 0 Å². The number of ether oxygens (including phenoxy) is 2. The third-order valence-corrected chi connectivity index (χ3v) is 3.31. The SMILES string of the molecule is O=C(OCCN1CCOCC1)c1ccc2ncoc2c1. The van der Waals surface area contributed by atoms with Crippen molar-refractivity contribution in [2.24, 2.45) is 0 Å². The van der Waals surface area contributed by atoms with Gasteiger partial charge in [0, 0.05) is 19.6 Å².